The Morgan fingerprint density at radius 1 is 1.03 bits per heavy atom. The van der Waals surface area contributed by atoms with Crippen molar-refractivity contribution in [3.05, 3.63) is 88.9 Å². The number of aromatic nitrogens is 3. The Balaban J connectivity index is 1.88. The van der Waals surface area contributed by atoms with Crippen LogP contribution in [0.2, 0.25) is 5.02 Å². The highest BCUT2D eigenvalue weighted by molar-refractivity contribution is 6.31. The van der Waals surface area contributed by atoms with E-state index < -0.39 is 23.4 Å². The minimum absolute atomic E-state index is 0.160. The largest absolute Gasteiger partial charge is 0.349 e. The van der Waals surface area contributed by atoms with Crippen molar-refractivity contribution in [3.8, 4) is 0 Å². The zero-order chi connectivity index (χ0) is 27.4. The van der Waals surface area contributed by atoms with Gasteiger partial charge in [0, 0.05) is 27.4 Å². The van der Waals surface area contributed by atoms with Crippen LogP contribution >= 0.6 is 11.6 Å². The van der Waals surface area contributed by atoms with Gasteiger partial charge in [-0.25, -0.2) is 4.68 Å². The van der Waals surface area contributed by atoms with Crippen LogP contribution in [0.15, 0.2) is 72.8 Å². The third-order valence-electron chi connectivity index (χ3n) is 6.56. The van der Waals surface area contributed by atoms with Gasteiger partial charge in [0.1, 0.15) is 18.1 Å². The van der Waals surface area contributed by atoms with Crippen molar-refractivity contribution >= 4 is 45.9 Å². The van der Waals surface area contributed by atoms with Crippen LogP contribution in [0.1, 0.15) is 56.1 Å². The predicted octanol–water partition coefficient (Wildman–Crippen LogP) is 5.37. The molecule has 38 heavy (non-hydrogen) atoms. The fourth-order valence-corrected chi connectivity index (χ4v) is 4.37. The molecule has 8 nitrogen and oxygen atoms in total. The molecule has 1 N–H and O–H groups in total. The SMILES string of the molecule is CCC(C)(C)NC(=O)C(c1ccccc1Cl)N(C(=O)Cn1nnc2ccccc21)c1cccc(C(C)=O)c1. The van der Waals surface area contributed by atoms with Crippen LogP contribution in [0.5, 0.6) is 0 Å². The summed E-state index contributed by atoms with van der Waals surface area (Å²) >= 11 is 6.61. The van der Waals surface area contributed by atoms with E-state index in [1.54, 1.807) is 48.5 Å². The standard InChI is InChI=1S/C29H30ClN5O3/c1-5-29(3,4)31-28(38)27(22-13-6-7-14-23(22)30)35(21-12-10-11-20(17-21)19(2)36)26(37)18-34-25-16-9-8-15-24(25)32-33-34/h6-17,27H,5,18H2,1-4H3,(H,31,38). The Bertz CT molecular complexity index is 1500. The van der Waals surface area contributed by atoms with E-state index in [1.807, 2.05) is 45.0 Å². The van der Waals surface area contributed by atoms with Crippen LogP contribution in [-0.2, 0) is 16.1 Å². The molecule has 4 aromatic rings. The number of nitrogens with one attached hydrogen (secondary N) is 1. The fourth-order valence-electron chi connectivity index (χ4n) is 4.13. The van der Waals surface area contributed by atoms with E-state index in [9.17, 15) is 14.4 Å². The number of nitrogens with zero attached hydrogens (tertiary/aromatic N) is 4. The van der Waals surface area contributed by atoms with Crippen molar-refractivity contribution in [1.82, 2.24) is 20.3 Å². The van der Waals surface area contributed by atoms with Gasteiger partial charge < -0.3 is 5.32 Å². The molecule has 1 heterocycles. The van der Waals surface area contributed by atoms with Gasteiger partial charge in [0.2, 0.25) is 11.8 Å². The molecule has 1 aromatic heterocycles. The van der Waals surface area contributed by atoms with E-state index in [-0.39, 0.29) is 12.3 Å². The third-order valence-corrected chi connectivity index (χ3v) is 6.90. The van der Waals surface area contributed by atoms with Crippen LogP contribution in [0.4, 0.5) is 5.69 Å². The van der Waals surface area contributed by atoms with E-state index >= 15 is 0 Å². The molecule has 0 spiro atoms. The smallest absolute Gasteiger partial charge is 0.249 e. The first-order valence-electron chi connectivity index (χ1n) is 12.4. The number of benzene rings is 3. The van der Waals surface area contributed by atoms with Crippen LogP contribution in [-0.4, -0.2) is 38.1 Å². The predicted molar refractivity (Wildman–Crippen MR) is 148 cm³/mol. The first-order chi connectivity index (χ1) is 18.1. The molecule has 4 rings (SSSR count). The third kappa shape index (κ3) is 5.75. The molecule has 0 radical (unpaired) electrons. The number of fused-ring (bicyclic) bond motifs is 1. The van der Waals surface area contributed by atoms with Crippen molar-refractivity contribution in [2.24, 2.45) is 0 Å². The second kappa shape index (κ2) is 11.1. The number of carbonyl (C=O) groups is 3. The molecule has 1 unspecified atom stereocenters. The normalized spacial score (nSPS) is 12.2. The number of Topliss-reactive ketones (excluding diaryl/α,β-unsaturated/α-hetero) is 1. The monoisotopic (exact) mass is 531 g/mol. The summed E-state index contributed by atoms with van der Waals surface area (Å²) in [6.45, 7) is 7.07. The Hall–Kier alpha value is -4.04. The molecule has 0 aliphatic heterocycles. The minimum Gasteiger partial charge on any atom is -0.349 e. The number of para-hydroxylation sites is 1. The fraction of sp³-hybridized carbons (Fsp3) is 0.276. The number of hydrogen-bond acceptors (Lipinski definition) is 5. The van der Waals surface area contributed by atoms with E-state index in [0.29, 0.717) is 39.3 Å². The second-order valence-corrected chi connectivity index (χ2v) is 10.2. The number of rotatable bonds is 9. The Morgan fingerprint density at radius 2 is 1.74 bits per heavy atom. The van der Waals surface area contributed by atoms with E-state index in [1.165, 1.54) is 16.5 Å². The number of amides is 2. The minimum atomic E-state index is -1.11. The van der Waals surface area contributed by atoms with Gasteiger partial charge in [-0.2, -0.15) is 0 Å². The maximum Gasteiger partial charge on any atom is 0.249 e. The molecule has 0 saturated heterocycles. The maximum absolute atomic E-state index is 14.1. The zero-order valence-electron chi connectivity index (χ0n) is 21.8. The molecule has 0 aliphatic rings. The average molecular weight is 532 g/mol. The zero-order valence-corrected chi connectivity index (χ0v) is 22.6. The van der Waals surface area contributed by atoms with Crippen molar-refractivity contribution in [2.75, 3.05) is 4.90 Å². The number of halogens is 1. The van der Waals surface area contributed by atoms with E-state index in [0.717, 1.165) is 0 Å². The first-order valence-corrected chi connectivity index (χ1v) is 12.8. The van der Waals surface area contributed by atoms with Gasteiger partial charge in [-0.05, 0) is 57.5 Å². The molecule has 0 bridgehead atoms. The van der Waals surface area contributed by atoms with Crippen molar-refractivity contribution in [3.63, 3.8) is 0 Å². The summed E-state index contributed by atoms with van der Waals surface area (Å²) in [5.41, 5.74) is 2.07. The Kier molecular flexibility index (Phi) is 7.92. The van der Waals surface area contributed by atoms with E-state index in [2.05, 4.69) is 15.6 Å². The van der Waals surface area contributed by atoms with Crippen molar-refractivity contribution in [2.45, 2.75) is 52.2 Å². The lowest BCUT2D eigenvalue weighted by molar-refractivity contribution is -0.128. The van der Waals surface area contributed by atoms with Crippen LogP contribution in [0.25, 0.3) is 11.0 Å². The molecule has 0 saturated carbocycles. The number of hydrogen-bond donors (Lipinski definition) is 1. The van der Waals surface area contributed by atoms with E-state index in [4.69, 9.17) is 11.6 Å². The van der Waals surface area contributed by atoms with Gasteiger partial charge in [-0.1, -0.05) is 66.2 Å². The van der Waals surface area contributed by atoms with Gasteiger partial charge in [0.25, 0.3) is 0 Å². The van der Waals surface area contributed by atoms with Crippen molar-refractivity contribution in [1.29, 1.82) is 0 Å². The summed E-state index contributed by atoms with van der Waals surface area (Å²) < 4.78 is 1.50. The second-order valence-electron chi connectivity index (χ2n) is 9.76. The topological polar surface area (TPSA) is 97.2 Å². The van der Waals surface area contributed by atoms with Crippen LogP contribution in [0, 0.1) is 0 Å². The maximum atomic E-state index is 14.1. The first kappa shape index (κ1) is 27.0. The number of anilines is 1. The lowest BCUT2D eigenvalue weighted by atomic mass is 9.98. The molecule has 0 aliphatic carbocycles. The lowest BCUT2D eigenvalue weighted by Crippen LogP contribution is -2.51. The highest BCUT2D eigenvalue weighted by Gasteiger charge is 2.36. The molecular formula is C29H30ClN5O3. The highest BCUT2D eigenvalue weighted by atomic mass is 35.5. The van der Waals surface area contributed by atoms with Crippen LogP contribution < -0.4 is 10.2 Å². The summed E-state index contributed by atoms with van der Waals surface area (Å²) in [6, 6.07) is 19.8. The molecule has 1 atom stereocenters. The van der Waals surface area contributed by atoms with Gasteiger partial charge in [0.05, 0.1) is 5.52 Å². The molecule has 3 aromatic carbocycles. The van der Waals surface area contributed by atoms with Crippen LogP contribution in [0.3, 0.4) is 0 Å². The van der Waals surface area contributed by atoms with Gasteiger partial charge in [0.15, 0.2) is 5.78 Å². The quantitative estimate of drug-likeness (QED) is 0.293. The summed E-state index contributed by atoms with van der Waals surface area (Å²) in [7, 11) is 0. The molecule has 9 heteroatoms. The summed E-state index contributed by atoms with van der Waals surface area (Å²) in [5, 5.41) is 11.7. The highest BCUT2D eigenvalue weighted by Crippen LogP contribution is 2.33. The Labute approximate surface area is 226 Å². The van der Waals surface area contributed by atoms with Gasteiger partial charge in [-0.15, -0.1) is 5.10 Å². The average Bonchev–Trinajstić information content (AvgIpc) is 3.30. The van der Waals surface area contributed by atoms with Crippen molar-refractivity contribution < 1.29 is 14.4 Å². The number of ketones is 1. The van der Waals surface area contributed by atoms with Gasteiger partial charge in [-0.3, -0.25) is 19.3 Å². The Morgan fingerprint density at radius 3 is 2.45 bits per heavy atom. The molecule has 2 amide bonds. The molecule has 196 valence electrons. The molecule has 0 fully saturated rings. The summed E-state index contributed by atoms with van der Waals surface area (Å²) in [5.74, 6) is -0.974. The summed E-state index contributed by atoms with van der Waals surface area (Å²) in [4.78, 5) is 41.7. The lowest BCUT2D eigenvalue weighted by Gasteiger charge is -2.35. The van der Waals surface area contributed by atoms with Gasteiger partial charge >= 0.3 is 0 Å². The number of carbonyl (C=O) groups excluding carboxylic acids is 3. The molecular weight excluding hydrogens is 502 g/mol. The summed E-state index contributed by atoms with van der Waals surface area (Å²) in [6.07, 6.45) is 0.673.